The summed E-state index contributed by atoms with van der Waals surface area (Å²) in [5.41, 5.74) is 12.8. The highest BCUT2D eigenvalue weighted by Crippen LogP contribution is 2.12. The van der Waals surface area contributed by atoms with Crippen molar-refractivity contribution in [2.75, 3.05) is 0 Å². The van der Waals surface area contributed by atoms with Gasteiger partial charge < -0.3 is 37.6 Å². The molecule has 5 unspecified atom stereocenters. The third kappa shape index (κ3) is 10.0. The summed E-state index contributed by atoms with van der Waals surface area (Å²) in [7, 11) is 0. The van der Waals surface area contributed by atoms with Crippen LogP contribution < -0.4 is 27.4 Å². The van der Waals surface area contributed by atoms with E-state index in [0.29, 0.717) is 17.5 Å². The van der Waals surface area contributed by atoms with Crippen molar-refractivity contribution in [3.8, 4) is 5.75 Å². The number of nitrogens with two attached hydrogens (primary N) is 2. The lowest BCUT2D eigenvalue weighted by Crippen LogP contribution is -2.59. The zero-order chi connectivity index (χ0) is 29.8. The standard InChI is InChI=1S/C28H37N5O7/c1-3-16(2)24(28(39)40)33-27(38)22(15-23(30)35)32-26(37)21(14-17-7-5-4-6-8-17)31-25(36)20(29)13-18-9-11-19(34)12-10-18/h4-12,16,20-22,24,34H,3,13-15,29H2,1-2H3,(H2,30,35)(H,31,36)(H,32,37)(H,33,38)(H,39,40). The number of aromatic hydroxyl groups is 1. The molecule has 2 aromatic rings. The van der Waals surface area contributed by atoms with E-state index in [-0.39, 0.29) is 18.6 Å². The molecule has 0 aliphatic heterocycles. The number of carbonyl (C=O) groups excluding carboxylic acids is 4. The van der Waals surface area contributed by atoms with E-state index in [1.165, 1.54) is 12.1 Å². The number of carbonyl (C=O) groups is 5. The van der Waals surface area contributed by atoms with Crippen LogP contribution in [0.2, 0.25) is 0 Å². The predicted molar refractivity (Wildman–Crippen MR) is 147 cm³/mol. The van der Waals surface area contributed by atoms with Gasteiger partial charge in [-0.2, -0.15) is 0 Å². The van der Waals surface area contributed by atoms with Crippen LogP contribution in [0.5, 0.6) is 5.75 Å². The molecule has 40 heavy (non-hydrogen) atoms. The number of amides is 4. The van der Waals surface area contributed by atoms with E-state index in [1.54, 1.807) is 56.3 Å². The van der Waals surface area contributed by atoms with Crippen molar-refractivity contribution in [3.05, 3.63) is 65.7 Å². The van der Waals surface area contributed by atoms with Crippen LogP contribution in [0, 0.1) is 5.92 Å². The molecule has 0 aliphatic carbocycles. The SMILES string of the molecule is CCC(C)C(NC(=O)C(CC(N)=O)NC(=O)C(Cc1ccccc1)NC(=O)C(N)Cc1ccc(O)cc1)C(=O)O. The predicted octanol–water partition coefficient (Wildman–Crippen LogP) is -0.0348. The number of benzene rings is 2. The van der Waals surface area contributed by atoms with Crippen molar-refractivity contribution in [1.82, 2.24) is 16.0 Å². The van der Waals surface area contributed by atoms with Gasteiger partial charge in [0, 0.05) is 6.42 Å². The van der Waals surface area contributed by atoms with Gasteiger partial charge in [0.2, 0.25) is 23.6 Å². The Labute approximate surface area is 232 Å². The minimum atomic E-state index is -1.48. The summed E-state index contributed by atoms with van der Waals surface area (Å²) in [6.45, 7) is 3.41. The molecule has 0 saturated heterocycles. The van der Waals surface area contributed by atoms with Crippen LogP contribution in [0.1, 0.15) is 37.8 Å². The van der Waals surface area contributed by atoms with Gasteiger partial charge in [-0.25, -0.2) is 4.79 Å². The highest BCUT2D eigenvalue weighted by atomic mass is 16.4. The molecule has 0 fully saturated rings. The van der Waals surface area contributed by atoms with Crippen LogP contribution in [-0.2, 0) is 36.8 Å². The van der Waals surface area contributed by atoms with Crippen molar-refractivity contribution < 1.29 is 34.2 Å². The first-order valence-electron chi connectivity index (χ1n) is 12.9. The molecule has 0 bridgehead atoms. The van der Waals surface area contributed by atoms with Crippen LogP contribution in [0.3, 0.4) is 0 Å². The average Bonchev–Trinajstić information content (AvgIpc) is 2.91. The first-order valence-corrected chi connectivity index (χ1v) is 12.9. The van der Waals surface area contributed by atoms with Crippen molar-refractivity contribution in [2.24, 2.45) is 17.4 Å². The lowest BCUT2D eigenvalue weighted by atomic mass is 9.98. The van der Waals surface area contributed by atoms with E-state index in [0.717, 1.165) is 0 Å². The Hall–Kier alpha value is -4.45. The third-order valence-electron chi connectivity index (χ3n) is 6.46. The smallest absolute Gasteiger partial charge is 0.326 e. The molecule has 9 N–H and O–H groups in total. The van der Waals surface area contributed by atoms with Gasteiger partial charge in [-0.1, -0.05) is 62.7 Å². The van der Waals surface area contributed by atoms with E-state index in [9.17, 15) is 34.2 Å². The number of phenols is 1. The van der Waals surface area contributed by atoms with E-state index >= 15 is 0 Å². The summed E-state index contributed by atoms with van der Waals surface area (Å²) in [4.78, 5) is 62.7. The molecule has 0 radical (unpaired) electrons. The maximum Gasteiger partial charge on any atom is 0.326 e. The van der Waals surface area contributed by atoms with Crippen LogP contribution in [0.25, 0.3) is 0 Å². The van der Waals surface area contributed by atoms with Crippen molar-refractivity contribution in [1.29, 1.82) is 0 Å². The summed E-state index contributed by atoms with van der Waals surface area (Å²) in [6, 6.07) is 10.0. The minimum Gasteiger partial charge on any atom is -0.508 e. The highest BCUT2D eigenvalue weighted by molar-refractivity contribution is 5.96. The fourth-order valence-electron chi connectivity index (χ4n) is 3.94. The van der Waals surface area contributed by atoms with Crippen LogP contribution in [-0.4, -0.2) is 64.0 Å². The number of hydrogen-bond acceptors (Lipinski definition) is 7. The molecule has 2 aromatic carbocycles. The molecule has 2 rings (SSSR count). The van der Waals surface area contributed by atoms with Crippen molar-refractivity contribution in [2.45, 2.75) is 63.7 Å². The Morgan fingerprint density at radius 2 is 1.35 bits per heavy atom. The summed E-state index contributed by atoms with van der Waals surface area (Å²) in [5.74, 6) is -4.83. The highest BCUT2D eigenvalue weighted by Gasteiger charge is 2.32. The third-order valence-corrected chi connectivity index (χ3v) is 6.46. The van der Waals surface area contributed by atoms with Gasteiger partial charge >= 0.3 is 5.97 Å². The number of carboxylic acid groups (broad SMARTS) is 1. The zero-order valence-corrected chi connectivity index (χ0v) is 22.5. The van der Waals surface area contributed by atoms with Crippen LogP contribution >= 0.6 is 0 Å². The largest absolute Gasteiger partial charge is 0.508 e. The molecule has 5 atom stereocenters. The van der Waals surface area contributed by atoms with Gasteiger partial charge in [-0.3, -0.25) is 19.2 Å². The summed E-state index contributed by atoms with van der Waals surface area (Å²) < 4.78 is 0. The Kier molecular flexibility index (Phi) is 12.1. The Morgan fingerprint density at radius 3 is 1.90 bits per heavy atom. The van der Waals surface area contributed by atoms with Gasteiger partial charge in [0.25, 0.3) is 0 Å². The second kappa shape index (κ2) is 15.2. The summed E-state index contributed by atoms with van der Waals surface area (Å²) in [5, 5.41) is 26.4. The van der Waals surface area contributed by atoms with Gasteiger partial charge in [0.15, 0.2) is 0 Å². The van der Waals surface area contributed by atoms with E-state index in [1.807, 2.05) is 0 Å². The first kappa shape index (κ1) is 31.8. The van der Waals surface area contributed by atoms with E-state index in [2.05, 4.69) is 16.0 Å². The van der Waals surface area contributed by atoms with E-state index in [4.69, 9.17) is 11.5 Å². The van der Waals surface area contributed by atoms with Gasteiger partial charge in [-0.05, 0) is 35.6 Å². The fraction of sp³-hybridized carbons (Fsp3) is 0.393. The van der Waals surface area contributed by atoms with Crippen molar-refractivity contribution >= 4 is 29.6 Å². The Bertz CT molecular complexity index is 1170. The Morgan fingerprint density at radius 1 is 0.800 bits per heavy atom. The zero-order valence-electron chi connectivity index (χ0n) is 22.5. The summed E-state index contributed by atoms with van der Waals surface area (Å²) in [6.07, 6.45) is 0.0427. The molecule has 0 heterocycles. The van der Waals surface area contributed by atoms with Gasteiger partial charge in [-0.15, -0.1) is 0 Å². The Balaban J connectivity index is 2.23. The number of nitrogens with one attached hydrogen (secondary N) is 3. The molecular formula is C28H37N5O7. The molecule has 0 aliphatic rings. The number of carboxylic acids is 1. The van der Waals surface area contributed by atoms with Crippen LogP contribution in [0.15, 0.2) is 54.6 Å². The lowest BCUT2D eigenvalue weighted by Gasteiger charge is -2.26. The minimum absolute atomic E-state index is 0.0415. The molecule has 0 aromatic heterocycles. The normalized spacial score (nSPS) is 14.6. The fourth-order valence-corrected chi connectivity index (χ4v) is 3.94. The number of aliphatic carboxylic acids is 1. The quantitative estimate of drug-likeness (QED) is 0.158. The molecule has 0 saturated carbocycles. The number of phenolic OH excluding ortho intramolecular Hbond substituents is 1. The molecule has 0 spiro atoms. The summed E-state index contributed by atoms with van der Waals surface area (Å²) >= 11 is 0. The van der Waals surface area contributed by atoms with Gasteiger partial charge in [0.05, 0.1) is 12.5 Å². The first-order chi connectivity index (χ1) is 18.9. The molecule has 216 valence electrons. The van der Waals surface area contributed by atoms with Crippen molar-refractivity contribution in [3.63, 3.8) is 0 Å². The number of primary amides is 1. The second-order valence-corrected chi connectivity index (χ2v) is 9.67. The molecule has 12 nitrogen and oxygen atoms in total. The maximum absolute atomic E-state index is 13.4. The number of rotatable bonds is 15. The monoisotopic (exact) mass is 555 g/mol. The lowest BCUT2D eigenvalue weighted by molar-refractivity contribution is -0.144. The maximum atomic E-state index is 13.4. The molecule has 12 heteroatoms. The van der Waals surface area contributed by atoms with E-state index < -0.39 is 66.1 Å². The van der Waals surface area contributed by atoms with Gasteiger partial charge in [0.1, 0.15) is 23.9 Å². The van der Waals surface area contributed by atoms with Crippen LogP contribution in [0.4, 0.5) is 0 Å². The topological polar surface area (TPSA) is 214 Å². The second-order valence-electron chi connectivity index (χ2n) is 9.67. The molecular weight excluding hydrogens is 518 g/mol. The molecule has 4 amide bonds. The number of hydrogen-bond donors (Lipinski definition) is 7. The average molecular weight is 556 g/mol.